The maximum Gasteiger partial charge on any atom is 0.146 e. The Morgan fingerprint density at radius 3 is 2.67 bits per heavy atom. The molecule has 0 unspecified atom stereocenters. The predicted octanol–water partition coefficient (Wildman–Crippen LogP) is 2.14. The van der Waals surface area contributed by atoms with Gasteiger partial charge in [0.05, 0.1) is 12.3 Å². The monoisotopic (exact) mass is 254 g/mol. The lowest BCUT2D eigenvalue weighted by atomic mass is 10.1. The van der Waals surface area contributed by atoms with Gasteiger partial charge in [-0.15, -0.1) is 0 Å². The average Bonchev–Trinajstić information content (AvgIpc) is 2.37. The SMILES string of the molecule is CCCNCc1ccc(N(CC)CCO)c(F)c1. The molecule has 0 saturated heterocycles. The molecule has 0 fully saturated rings. The second-order valence-corrected chi connectivity index (χ2v) is 4.27. The summed E-state index contributed by atoms with van der Waals surface area (Å²) in [6.45, 7) is 6.86. The van der Waals surface area contributed by atoms with Gasteiger partial charge in [-0.2, -0.15) is 0 Å². The first-order chi connectivity index (χ1) is 8.72. The van der Waals surface area contributed by atoms with Gasteiger partial charge in [-0.05, 0) is 37.6 Å². The van der Waals surface area contributed by atoms with Crippen molar-refractivity contribution in [3.63, 3.8) is 0 Å². The van der Waals surface area contributed by atoms with Gasteiger partial charge < -0.3 is 15.3 Å². The molecule has 2 N–H and O–H groups in total. The maximum absolute atomic E-state index is 14.0. The molecule has 0 aliphatic carbocycles. The molecule has 3 nitrogen and oxygen atoms in total. The van der Waals surface area contributed by atoms with Crippen LogP contribution in [-0.4, -0.2) is 31.3 Å². The predicted molar refractivity (Wildman–Crippen MR) is 73.4 cm³/mol. The first-order valence-electron chi connectivity index (χ1n) is 6.57. The van der Waals surface area contributed by atoms with E-state index in [9.17, 15) is 4.39 Å². The fourth-order valence-electron chi connectivity index (χ4n) is 1.90. The molecule has 0 spiro atoms. The topological polar surface area (TPSA) is 35.5 Å². The molecule has 1 rings (SSSR count). The van der Waals surface area contributed by atoms with Crippen LogP contribution in [0.1, 0.15) is 25.8 Å². The van der Waals surface area contributed by atoms with E-state index >= 15 is 0 Å². The lowest BCUT2D eigenvalue weighted by Gasteiger charge is -2.22. The van der Waals surface area contributed by atoms with Crippen molar-refractivity contribution in [3.8, 4) is 0 Å². The van der Waals surface area contributed by atoms with Crippen molar-refractivity contribution in [2.75, 3.05) is 31.1 Å². The third-order valence-electron chi connectivity index (χ3n) is 2.86. The van der Waals surface area contributed by atoms with Gasteiger partial charge in [0.25, 0.3) is 0 Å². The van der Waals surface area contributed by atoms with Crippen LogP contribution < -0.4 is 10.2 Å². The van der Waals surface area contributed by atoms with E-state index in [4.69, 9.17) is 5.11 Å². The molecular weight excluding hydrogens is 231 g/mol. The normalized spacial score (nSPS) is 10.7. The van der Waals surface area contributed by atoms with Crippen LogP contribution in [0.3, 0.4) is 0 Å². The molecule has 1 aromatic rings. The van der Waals surface area contributed by atoms with Crippen molar-refractivity contribution in [2.24, 2.45) is 0 Å². The van der Waals surface area contributed by atoms with Crippen LogP contribution in [0.25, 0.3) is 0 Å². The first-order valence-corrected chi connectivity index (χ1v) is 6.57. The number of halogens is 1. The highest BCUT2D eigenvalue weighted by molar-refractivity contribution is 5.49. The van der Waals surface area contributed by atoms with E-state index in [0.717, 1.165) is 18.5 Å². The average molecular weight is 254 g/mol. The van der Waals surface area contributed by atoms with Crippen LogP contribution in [0, 0.1) is 5.82 Å². The molecule has 0 saturated carbocycles. The summed E-state index contributed by atoms with van der Waals surface area (Å²) in [5.74, 6) is -0.221. The Morgan fingerprint density at radius 1 is 1.33 bits per heavy atom. The quantitative estimate of drug-likeness (QED) is 0.698. The van der Waals surface area contributed by atoms with Crippen LogP contribution in [0.2, 0.25) is 0 Å². The molecule has 102 valence electrons. The molecule has 18 heavy (non-hydrogen) atoms. The second-order valence-electron chi connectivity index (χ2n) is 4.27. The standard InChI is InChI=1S/C14H23FN2O/c1-3-7-16-11-12-5-6-14(13(15)10-12)17(4-2)8-9-18/h5-6,10,16,18H,3-4,7-9,11H2,1-2H3. The first kappa shape index (κ1) is 14.9. The Kier molecular flexibility index (Phi) is 6.68. The van der Waals surface area contributed by atoms with Gasteiger partial charge in [0.1, 0.15) is 5.82 Å². The lowest BCUT2D eigenvalue weighted by Crippen LogP contribution is -2.27. The second kappa shape index (κ2) is 8.06. The summed E-state index contributed by atoms with van der Waals surface area (Å²) in [6, 6.07) is 5.29. The summed E-state index contributed by atoms with van der Waals surface area (Å²) in [5.41, 5.74) is 1.51. The maximum atomic E-state index is 14.0. The third kappa shape index (κ3) is 4.27. The van der Waals surface area contributed by atoms with Gasteiger partial charge in [-0.25, -0.2) is 4.39 Å². The molecule has 0 atom stereocenters. The molecule has 1 aromatic carbocycles. The van der Waals surface area contributed by atoms with E-state index < -0.39 is 0 Å². The number of rotatable bonds is 8. The van der Waals surface area contributed by atoms with E-state index in [0.29, 0.717) is 25.3 Å². The van der Waals surface area contributed by atoms with Crippen molar-refractivity contribution >= 4 is 5.69 Å². The van der Waals surface area contributed by atoms with E-state index in [1.165, 1.54) is 0 Å². The Hall–Kier alpha value is -1.13. The van der Waals surface area contributed by atoms with Gasteiger partial charge in [0.15, 0.2) is 0 Å². The molecular formula is C14H23FN2O. The zero-order chi connectivity index (χ0) is 13.4. The van der Waals surface area contributed by atoms with Crippen molar-refractivity contribution < 1.29 is 9.50 Å². The van der Waals surface area contributed by atoms with E-state index in [-0.39, 0.29) is 12.4 Å². The summed E-state index contributed by atoms with van der Waals surface area (Å²) >= 11 is 0. The number of nitrogens with zero attached hydrogens (tertiary/aromatic N) is 1. The van der Waals surface area contributed by atoms with E-state index in [2.05, 4.69) is 12.2 Å². The van der Waals surface area contributed by atoms with Gasteiger partial charge in [0.2, 0.25) is 0 Å². The largest absolute Gasteiger partial charge is 0.395 e. The molecule has 0 radical (unpaired) electrons. The minimum atomic E-state index is -0.221. The molecule has 0 bridgehead atoms. The Morgan fingerprint density at radius 2 is 2.11 bits per heavy atom. The number of aliphatic hydroxyl groups is 1. The van der Waals surface area contributed by atoms with Gasteiger partial charge in [-0.3, -0.25) is 0 Å². The Labute approximate surface area is 109 Å². The number of nitrogens with one attached hydrogen (secondary N) is 1. The molecule has 4 heteroatoms. The Balaban J connectivity index is 2.71. The van der Waals surface area contributed by atoms with Crippen LogP contribution >= 0.6 is 0 Å². The van der Waals surface area contributed by atoms with E-state index in [1.807, 2.05) is 17.9 Å². The fourth-order valence-corrected chi connectivity index (χ4v) is 1.90. The number of anilines is 1. The minimum absolute atomic E-state index is 0.0348. The van der Waals surface area contributed by atoms with Crippen molar-refractivity contribution in [1.29, 1.82) is 0 Å². The lowest BCUT2D eigenvalue weighted by molar-refractivity contribution is 0.302. The highest BCUT2D eigenvalue weighted by Crippen LogP contribution is 2.20. The number of hydrogen-bond acceptors (Lipinski definition) is 3. The molecule has 0 aliphatic heterocycles. The van der Waals surface area contributed by atoms with Crippen molar-refractivity contribution in [2.45, 2.75) is 26.8 Å². The Bertz CT molecular complexity index is 358. The van der Waals surface area contributed by atoms with Gasteiger partial charge >= 0.3 is 0 Å². The molecule has 0 aromatic heterocycles. The minimum Gasteiger partial charge on any atom is -0.395 e. The van der Waals surface area contributed by atoms with Gasteiger partial charge in [0, 0.05) is 19.6 Å². The van der Waals surface area contributed by atoms with Crippen molar-refractivity contribution in [1.82, 2.24) is 5.32 Å². The highest BCUT2D eigenvalue weighted by atomic mass is 19.1. The fraction of sp³-hybridized carbons (Fsp3) is 0.571. The summed E-state index contributed by atoms with van der Waals surface area (Å²) in [4.78, 5) is 1.83. The number of benzene rings is 1. The summed E-state index contributed by atoms with van der Waals surface area (Å²) in [7, 11) is 0. The zero-order valence-corrected chi connectivity index (χ0v) is 11.2. The highest BCUT2D eigenvalue weighted by Gasteiger charge is 2.09. The summed E-state index contributed by atoms with van der Waals surface area (Å²) in [6.07, 6.45) is 1.07. The number of likely N-dealkylation sites (N-methyl/N-ethyl adjacent to an activating group) is 1. The number of aliphatic hydroxyl groups excluding tert-OH is 1. The number of hydrogen-bond donors (Lipinski definition) is 2. The van der Waals surface area contributed by atoms with E-state index in [1.54, 1.807) is 12.1 Å². The third-order valence-corrected chi connectivity index (χ3v) is 2.86. The van der Waals surface area contributed by atoms with Crippen molar-refractivity contribution in [3.05, 3.63) is 29.6 Å². The van der Waals surface area contributed by atoms with Crippen LogP contribution in [0.5, 0.6) is 0 Å². The van der Waals surface area contributed by atoms with Crippen LogP contribution in [0.4, 0.5) is 10.1 Å². The summed E-state index contributed by atoms with van der Waals surface area (Å²) < 4.78 is 14.0. The molecule has 0 heterocycles. The van der Waals surface area contributed by atoms with Crippen LogP contribution in [0.15, 0.2) is 18.2 Å². The zero-order valence-electron chi connectivity index (χ0n) is 11.2. The van der Waals surface area contributed by atoms with Crippen LogP contribution in [-0.2, 0) is 6.54 Å². The summed E-state index contributed by atoms with van der Waals surface area (Å²) in [5, 5.41) is 12.2. The van der Waals surface area contributed by atoms with Gasteiger partial charge in [-0.1, -0.05) is 13.0 Å². The smallest absolute Gasteiger partial charge is 0.146 e. The molecule has 0 amide bonds. The molecule has 0 aliphatic rings.